The van der Waals surface area contributed by atoms with Crippen molar-refractivity contribution in [1.82, 2.24) is 15.0 Å². The first kappa shape index (κ1) is 30.7. The van der Waals surface area contributed by atoms with Crippen LogP contribution in [0.5, 0.6) is 11.5 Å². The monoisotopic (exact) mass is 537 g/mol. The van der Waals surface area contributed by atoms with E-state index in [0.717, 1.165) is 24.0 Å². The molecule has 0 bridgehead atoms. The molecule has 0 fully saturated rings. The maximum Gasteiger partial charge on any atom is 0.264 e. The molecule has 0 saturated heterocycles. The molecule has 1 unspecified atom stereocenters. The normalized spacial score (nSPS) is 12.1. The average molecular weight is 538 g/mol. The Morgan fingerprint density at radius 1 is 1.05 bits per heavy atom. The summed E-state index contributed by atoms with van der Waals surface area (Å²) in [6.45, 7) is 10.4. The molecule has 8 heteroatoms. The van der Waals surface area contributed by atoms with E-state index in [-0.39, 0.29) is 18.1 Å². The van der Waals surface area contributed by atoms with Gasteiger partial charge in [0.25, 0.3) is 5.24 Å². The second-order valence-corrected chi connectivity index (χ2v) is 8.31. The molecule has 0 aliphatic carbocycles. The van der Waals surface area contributed by atoms with Gasteiger partial charge in [-0.2, -0.15) is 0 Å². The van der Waals surface area contributed by atoms with Crippen LogP contribution in [0.25, 0.3) is 28.3 Å². The van der Waals surface area contributed by atoms with Crippen LogP contribution in [0.4, 0.5) is 0 Å². The lowest BCUT2D eigenvalue weighted by Crippen LogP contribution is -2.29. The number of carbonyl (C=O) groups is 1. The van der Waals surface area contributed by atoms with Gasteiger partial charge in [0.05, 0.1) is 12.2 Å². The number of carbonyl (C=O) groups excluding carboxylic acids is 1. The molecule has 1 N–H and O–H groups in total. The number of rotatable bonds is 12. The summed E-state index contributed by atoms with van der Waals surface area (Å²) in [5, 5.41) is 10.2. The summed E-state index contributed by atoms with van der Waals surface area (Å²) in [7, 11) is 0. The molecular weight excluding hydrogens is 502 g/mol. The topological polar surface area (TPSA) is 94.4 Å². The van der Waals surface area contributed by atoms with Crippen LogP contribution in [-0.4, -0.2) is 44.6 Å². The van der Waals surface area contributed by atoms with E-state index in [9.17, 15) is 9.90 Å². The van der Waals surface area contributed by atoms with Gasteiger partial charge in [-0.3, -0.25) is 4.79 Å². The molecule has 38 heavy (non-hydrogen) atoms. The standard InChI is InChI=1S/C28H30ClN3O4.C2H6/c1-4-7-16-35-18-24(25(29)34)36-21-14-15-22(23(33)17-21)28-31-26(19(6-3)11-5-2)30-27(32-28)20-12-9-8-10-13-20;1-2/h5-6,8-15,17,24,33H,4,7,16,18H2,1-3H3;1-2H3/b11-5-,19-6+;. The average Bonchev–Trinajstić information content (AvgIpc) is 2.94. The van der Waals surface area contributed by atoms with Gasteiger partial charge in [-0.05, 0) is 44.0 Å². The minimum absolute atomic E-state index is 0.0270. The number of hydrogen-bond acceptors (Lipinski definition) is 7. The zero-order chi connectivity index (χ0) is 27.9. The van der Waals surface area contributed by atoms with E-state index >= 15 is 0 Å². The van der Waals surface area contributed by atoms with Crippen LogP contribution in [0.2, 0.25) is 0 Å². The minimum Gasteiger partial charge on any atom is -0.507 e. The van der Waals surface area contributed by atoms with Crippen molar-refractivity contribution in [1.29, 1.82) is 0 Å². The van der Waals surface area contributed by atoms with Gasteiger partial charge in [0.2, 0.25) is 0 Å². The molecule has 3 aromatic rings. The molecule has 0 radical (unpaired) electrons. The fourth-order valence-electron chi connectivity index (χ4n) is 3.34. The number of unbranched alkanes of at least 4 members (excludes halogenated alkanes) is 1. The first-order chi connectivity index (χ1) is 18.5. The number of phenolic OH excluding ortho intramolecular Hbond substituents is 1. The van der Waals surface area contributed by atoms with Crippen LogP contribution >= 0.6 is 11.6 Å². The summed E-state index contributed by atoms with van der Waals surface area (Å²) in [5.41, 5.74) is 2.04. The molecule has 202 valence electrons. The SMILES string of the molecule is C/C=C\C(=C/C)c1nc(-c2ccccc2)nc(-c2ccc(OC(COCCCC)C(=O)Cl)cc2O)n1.CC. The van der Waals surface area contributed by atoms with Crippen LogP contribution in [0, 0.1) is 0 Å². The number of halogens is 1. The molecule has 1 aromatic heterocycles. The van der Waals surface area contributed by atoms with Gasteiger partial charge in [0.1, 0.15) is 11.5 Å². The van der Waals surface area contributed by atoms with E-state index in [2.05, 4.69) is 15.0 Å². The molecule has 0 aliphatic rings. The minimum atomic E-state index is -0.986. The van der Waals surface area contributed by atoms with Crippen LogP contribution in [0.3, 0.4) is 0 Å². The number of aromatic nitrogens is 3. The molecule has 1 atom stereocenters. The number of benzene rings is 2. The predicted molar refractivity (Wildman–Crippen MR) is 153 cm³/mol. The van der Waals surface area contributed by atoms with Gasteiger partial charge in [-0.15, -0.1) is 0 Å². The molecular formula is C30H36ClN3O4. The summed E-state index contributed by atoms with van der Waals surface area (Å²) in [6, 6.07) is 14.2. The summed E-state index contributed by atoms with van der Waals surface area (Å²) in [6.07, 6.45) is 6.60. The summed E-state index contributed by atoms with van der Waals surface area (Å²) in [5.74, 6) is 1.44. The lowest BCUT2D eigenvalue weighted by Gasteiger charge is -2.16. The number of aromatic hydroxyl groups is 1. The molecule has 0 spiro atoms. The van der Waals surface area contributed by atoms with Crippen molar-refractivity contribution < 1.29 is 19.4 Å². The summed E-state index contributed by atoms with van der Waals surface area (Å²) < 4.78 is 11.2. The maximum atomic E-state index is 11.8. The molecule has 2 aromatic carbocycles. The Bertz CT molecular complexity index is 1230. The quantitative estimate of drug-likeness (QED) is 0.148. The smallest absolute Gasteiger partial charge is 0.264 e. The Labute approximate surface area is 230 Å². The van der Waals surface area contributed by atoms with E-state index in [1.165, 1.54) is 6.07 Å². The molecule has 7 nitrogen and oxygen atoms in total. The van der Waals surface area contributed by atoms with Crippen molar-refractivity contribution in [3.63, 3.8) is 0 Å². The third-order valence-corrected chi connectivity index (χ3v) is 5.48. The summed E-state index contributed by atoms with van der Waals surface area (Å²) in [4.78, 5) is 25.7. The van der Waals surface area contributed by atoms with Gasteiger partial charge in [0, 0.05) is 23.8 Å². The first-order valence-corrected chi connectivity index (χ1v) is 13.2. The van der Waals surface area contributed by atoms with E-state index in [0.29, 0.717) is 29.6 Å². The van der Waals surface area contributed by atoms with E-state index < -0.39 is 11.3 Å². The Kier molecular flexibility index (Phi) is 13.2. The van der Waals surface area contributed by atoms with Crippen molar-refractivity contribution in [2.75, 3.05) is 13.2 Å². The number of phenols is 1. The summed E-state index contributed by atoms with van der Waals surface area (Å²) >= 11 is 5.69. The number of nitrogens with zero attached hydrogens (tertiary/aromatic N) is 3. The highest BCUT2D eigenvalue weighted by Gasteiger charge is 2.20. The maximum absolute atomic E-state index is 11.8. The van der Waals surface area contributed by atoms with Crippen molar-refractivity contribution in [3.05, 3.63) is 72.6 Å². The van der Waals surface area contributed by atoms with Gasteiger partial charge in [-0.25, -0.2) is 15.0 Å². The Morgan fingerprint density at radius 3 is 2.37 bits per heavy atom. The van der Waals surface area contributed by atoms with Gasteiger partial charge >= 0.3 is 0 Å². The second-order valence-electron chi connectivity index (χ2n) is 7.93. The molecule has 0 amide bonds. The zero-order valence-corrected chi connectivity index (χ0v) is 23.4. The second kappa shape index (κ2) is 16.3. The van der Waals surface area contributed by atoms with E-state index in [4.69, 9.17) is 21.1 Å². The van der Waals surface area contributed by atoms with Crippen LogP contribution in [-0.2, 0) is 9.53 Å². The van der Waals surface area contributed by atoms with Gasteiger partial charge < -0.3 is 14.6 Å². The van der Waals surface area contributed by atoms with E-state index in [1.807, 2.05) is 83.2 Å². The van der Waals surface area contributed by atoms with Gasteiger partial charge in [0.15, 0.2) is 23.6 Å². The Balaban J connectivity index is 0.00000247. The Morgan fingerprint density at radius 2 is 1.76 bits per heavy atom. The largest absolute Gasteiger partial charge is 0.507 e. The number of ether oxygens (including phenoxy) is 2. The lowest BCUT2D eigenvalue weighted by atomic mass is 10.1. The lowest BCUT2D eigenvalue weighted by molar-refractivity contribution is -0.120. The fraction of sp³-hybridized carbons (Fsp3) is 0.333. The predicted octanol–water partition coefficient (Wildman–Crippen LogP) is 7.25. The van der Waals surface area contributed by atoms with Crippen molar-refractivity contribution in [2.45, 2.75) is 53.6 Å². The Hall–Kier alpha value is -3.55. The zero-order valence-electron chi connectivity index (χ0n) is 22.6. The van der Waals surface area contributed by atoms with Crippen LogP contribution in [0.15, 0.2) is 66.8 Å². The molecule has 3 rings (SSSR count). The molecule has 1 heterocycles. The highest BCUT2D eigenvalue weighted by atomic mass is 35.5. The number of hydrogen-bond donors (Lipinski definition) is 1. The number of allylic oxidation sites excluding steroid dienone is 4. The van der Waals surface area contributed by atoms with Crippen molar-refractivity contribution in [2.24, 2.45) is 0 Å². The third kappa shape index (κ3) is 8.78. The van der Waals surface area contributed by atoms with E-state index in [1.54, 1.807) is 12.1 Å². The molecule has 0 saturated carbocycles. The third-order valence-electron chi connectivity index (χ3n) is 5.24. The fourth-order valence-corrected chi connectivity index (χ4v) is 3.45. The van der Waals surface area contributed by atoms with Crippen LogP contribution < -0.4 is 4.74 Å². The van der Waals surface area contributed by atoms with Crippen LogP contribution in [0.1, 0.15) is 53.3 Å². The first-order valence-electron chi connectivity index (χ1n) is 12.8. The molecule has 0 aliphatic heterocycles. The van der Waals surface area contributed by atoms with Gasteiger partial charge in [-0.1, -0.05) is 75.8 Å². The highest BCUT2D eigenvalue weighted by molar-refractivity contribution is 6.64. The van der Waals surface area contributed by atoms with Crippen molar-refractivity contribution in [3.8, 4) is 34.3 Å². The van der Waals surface area contributed by atoms with Crippen molar-refractivity contribution >= 4 is 22.4 Å². The highest BCUT2D eigenvalue weighted by Crippen LogP contribution is 2.32.